The normalized spacial score (nSPS) is 7.22. The molecule has 0 aromatic heterocycles. The Hall–Kier alpha value is 2.07. The number of hydrogen-bond acceptors (Lipinski definition) is 4. The molecule has 0 heterocycles. The molecule has 2 N–H and O–H groups in total. The van der Waals surface area contributed by atoms with Crippen LogP contribution in [0.3, 0.4) is 0 Å². The molecule has 0 aromatic rings. The van der Waals surface area contributed by atoms with Crippen molar-refractivity contribution in [2.24, 2.45) is 0 Å². The Balaban J connectivity index is -0.0000000286. The van der Waals surface area contributed by atoms with E-state index in [2.05, 4.69) is 0 Å². The largest absolute Gasteiger partial charge is 1.00 e. The molecular weight excluding hydrogens is 169 g/mol. The number of phosphoric acid groups is 1. The molecular formula is CH5Na2O5P. The van der Waals surface area contributed by atoms with E-state index in [0.29, 0.717) is 0 Å². The van der Waals surface area contributed by atoms with Crippen LogP contribution in [-0.2, 0) is 4.57 Å². The van der Waals surface area contributed by atoms with Crippen LogP contribution in [0.5, 0.6) is 0 Å². The van der Waals surface area contributed by atoms with E-state index >= 15 is 0 Å². The van der Waals surface area contributed by atoms with E-state index in [9.17, 15) is 0 Å². The van der Waals surface area contributed by atoms with Crippen LogP contribution in [0.15, 0.2) is 0 Å². The fourth-order valence-electron chi connectivity index (χ4n) is 0. The van der Waals surface area contributed by atoms with Crippen molar-refractivity contribution in [2.75, 3.05) is 7.11 Å². The summed E-state index contributed by atoms with van der Waals surface area (Å²) in [5.74, 6) is 0. The van der Waals surface area contributed by atoms with E-state index in [0.717, 1.165) is 7.11 Å². The second kappa shape index (κ2) is 12.7. The van der Waals surface area contributed by atoms with E-state index in [1.807, 2.05) is 0 Å². The number of aliphatic hydroxyl groups is 1. The van der Waals surface area contributed by atoms with Crippen molar-refractivity contribution < 1.29 is 83.5 Å². The summed E-state index contributed by atoms with van der Waals surface area (Å²) in [7, 11) is -4.14. The van der Waals surface area contributed by atoms with Gasteiger partial charge in [-0.1, -0.05) is 0 Å². The summed E-state index contributed by atoms with van der Waals surface area (Å²) in [6, 6.07) is 0. The fourth-order valence-corrected chi connectivity index (χ4v) is 0. The van der Waals surface area contributed by atoms with Gasteiger partial charge in [-0.05, 0) is 0 Å². The maximum Gasteiger partial charge on any atom is 1.00 e. The van der Waals surface area contributed by atoms with Gasteiger partial charge in [-0.3, -0.25) is 0 Å². The topological polar surface area (TPSA) is 104 Å². The van der Waals surface area contributed by atoms with Crippen molar-refractivity contribution in [3.05, 3.63) is 0 Å². The minimum absolute atomic E-state index is 0. The molecule has 9 heavy (non-hydrogen) atoms. The van der Waals surface area contributed by atoms with Crippen molar-refractivity contribution in [3.8, 4) is 0 Å². The molecule has 0 bridgehead atoms. The Labute approximate surface area is 97.3 Å². The molecule has 0 radical (unpaired) electrons. The first kappa shape index (κ1) is 22.5. The zero-order valence-electron chi connectivity index (χ0n) is 5.57. The first-order valence-corrected chi connectivity index (χ1v) is 2.69. The first-order chi connectivity index (χ1) is 3.00. The van der Waals surface area contributed by atoms with Crippen LogP contribution in [0.25, 0.3) is 0 Å². The summed E-state index contributed by atoms with van der Waals surface area (Å²) in [5.41, 5.74) is 0. The Morgan fingerprint density at radius 2 is 1.22 bits per heavy atom. The molecule has 0 spiro atoms. The molecule has 0 amide bonds. The van der Waals surface area contributed by atoms with Gasteiger partial charge in [-0.25, -0.2) is 0 Å². The number of aliphatic hydroxyl groups excluding tert-OH is 1. The van der Waals surface area contributed by atoms with Gasteiger partial charge in [0.05, 0.1) is 7.82 Å². The Morgan fingerprint density at radius 3 is 1.22 bits per heavy atom. The third kappa shape index (κ3) is 153. The van der Waals surface area contributed by atoms with Gasteiger partial charge < -0.3 is 24.4 Å². The van der Waals surface area contributed by atoms with Gasteiger partial charge in [0, 0.05) is 7.11 Å². The van der Waals surface area contributed by atoms with Crippen molar-refractivity contribution in [2.45, 2.75) is 0 Å². The van der Waals surface area contributed by atoms with E-state index in [1.165, 1.54) is 0 Å². The van der Waals surface area contributed by atoms with Crippen LogP contribution >= 0.6 is 7.82 Å². The fraction of sp³-hybridized carbons (Fsp3) is 1.00. The van der Waals surface area contributed by atoms with Crippen LogP contribution in [0.4, 0.5) is 0 Å². The average Bonchev–Trinajstić information content (AvgIpc) is 1.36. The minimum atomic E-state index is -5.14. The van der Waals surface area contributed by atoms with Gasteiger partial charge in [0.25, 0.3) is 0 Å². The second-order valence-electron chi connectivity index (χ2n) is 0.469. The number of rotatable bonds is 0. The van der Waals surface area contributed by atoms with Crippen molar-refractivity contribution in [3.63, 3.8) is 0 Å². The summed E-state index contributed by atoms with van der Waals surface area (Å²) < 4.78 is 8.66. The van der Waals surface area contributed by atoms with Crippen LogP contribution in [0.1, 0.15) is 0 Å². The molecule has 0 aliphatic heterocycles. The summed E-state index contributed by atoms with van der Waals surface area (Å²) in [5, 5.41) is 7.00. The summed E-state index contributed by atoms with van der Waals surface area (Å²) >= 11 is 0. The molecule has 0 saturated heterocycles. The molecule has 0 aromatic carbocycles. The standard InChI is InChI=1S/CH4O.2Na.H3O4P/c1-2;;;1-5(2,3)4/h2H,1H3;;;(H3,1,2,3,4)/q;2*+1;/p-2. The third-order valence-electron chi connectivity index (χ3n) is 0. The zero-order valence-corrected chi connectivity index (χ0v) is 10.5. The van der Waals surface area contributed by atoms with Gasteiger partial charge >= 0.3 is 59.1 Å². The summed E-state index contributed by atoms with van der Waals surface area (Å²) in [6.45, 7) is 0. The van der Waals surface area contributed by atoms with Crippen molar-refractivity contribution in [1.82, 2.24) is 0 Å². The van der Waals surface area contributed by atoms with Crippen LogP contribution in [0.2, 0.25) is 0 Å². The summed E-state index contributed by atoms with van der Waals surface area (Å²) in [6.07, 6.45) is 0. The maximum atomic E-state index is 8.66. The maximum absolute atomic E-state index is 8.66. The first-order valence-electron chi connectivity index (χ1n) is 1.19. The van der Waals surface area contributed by atoms with Gasteiger partial charge in [0.15, 0.2) is 0 Å². The van der Waals surface area contributed by atoms with Gasteiger partial charge in [0.1, 0.15) is 0 Å². The second-order valence-corrected chi connectivity index (χ2v) is 1.41. The minimum Gasteiger partial charge on any atom is -0.790 e. The smallest absolute Gasteiger partial charge is 0.790 e. The third-order valence-corrected chi connectivity index (χ3v) is 0. The van der Waals surface area contributed by atoms with E-state index in [4.69, 9.17) is 24.4 Å². The van der Waals surface area contributed by atoms with Crippen LogP contribution in [-0.4, -0.2) is 17.1 Å². The Morgan fingerprint density at radius 1 is 1.22 bits per heavy atom. The molecule has 0 rings (SSSR count). The van der Waals surface area contributed by atoms with E-state index in [1.54, 1.807) is 0 Å². The summed E-state index contributed by atoms with van der Waals surface area (Å²) in [4.78, 5) is 24.3. The van der Waals surface area contributed by atoms with E-state index < -0.39 is 7.82 Å². The van der Waals surface area contributed by atoms with Crippen LogP contribution in [0, 0.1) is 0 Å². The Kier molecular flexibility index (Phi) is 31.7. The Bertz CT molecular complexity index is 61.1. The molecule has 8 heteroatoms. The van der Waals surface area contributed by atoms with Gasteiger partial charge in [-0.2, -0.15) is 0 Å². The molecule has 5 nitrogen and oxygen atoms in total. The quantitative estimate of drug-likeness (QED) is 0.280. The SMILES string of the molecule is CO.O=P([O-])([O-])O.[Na+].[Na+]. The molecule has 0 saturated carbocycles. The molecule has 46 valence electrons. The van der Waals surface area contributed by atoms with Gasteiger partial charge in [0.2, 0.25) is 0 Å². The molecule has 0 atom stereocenters. The zero-order chi connectivity index (χ0) is 6.50. The van der Waals surface area contributed by atoms with Crippen molar-refractivity contribution in [1.29, 1.82) is 0 Å². The van der Waals surface area contributed by atoms with Crippen molar-refractivity contribution >= 4 is 7.82 Å². The number of hydrogen-bond donors (Lipinski definition) is 2. The predicted molar refractivity (Wildman–Crippen MR) is 18.0 cm³/mol. The van der Waals surface area contributed by atoms with Crippen LogP contribution < -0.4 is 68.9 Å². The average molecular weight is 174 g/mol. The molecule has 0 aliphatic carbocycles. The molecule has 0 fully saturated rings. The van der Waals surface area contributed by atoms with Gasteiger partial charge in [-0.15, -0.1) is 0 Å². The monoisotopic (exact) mass is 174 g/mol. The molecule has 0 unspecified atom stereocenters. The molecule has 0 aliphatic rings. The van der Waals surface area contributed by atoms with E-state index in [-0.39, 0.29) is 59.1 Å². The predicted octanol–water partition coefficient (Wildman–Crippen LogP) is -8.58.